The molecule has 1 aliphatic carbocycles. The Balaban J connectivity index is 0.00000243. The van der Waals surface area contributed by atoms with Gasteiger partial charge in [0.1, 0.15) is 10.8 Å². The van der Waals surface area contributed by atoms with Gasteiger partial charge in [0, 0.05) is 17.0 Å². The summed E-state index contributed by atoms with van der Waals surface area (Å²) >= 11 is 1.62. The van der Waals surface area contributed by atoms with E-state index in [-0.39, 0.29) is 24.0 Å². The van der Waals surface area contributed by atoms with E-state index < -0.39 is 0 Å². The summed E-state index contributed by atoms with van der Waals surface area (Å²) in [5.74, 6) is 1.38. The average molecular weight is 486 g/mol. The Hall–Kier alpha value is -1.35. The van der Waals surface area contributed by atoms with Gasteiger partial charge >= 0.3 is 0 Å². The number of nitrogens with two attached hydrogens (primary N) is 1. The summed E-state index contributed by atoms with van der Waals surface area (Å²) in [5, 5.41) is 6.40. The van der Waals surface area contributed by atoms with Crippen molar-refractivity contribution in [3.63, 3.8) is 0 Å². The fourth-order valence-electron chi connectivity index (χ4n) is 3.09. The molecule has 1 aliphatic rings. The molecule has 3 N–H and O–H groups in total. The van der Waals surface area contributed by atoms with Crippen LogP contribution in [0.4, 0.5) is 0 Å². The van der Waals surface area contributed by atoms with Gasteiger partial charge in [-0.2, -0.15) is 0 Å². The fraction of sp³-hybridized carbons (Fsp3) is 0.474. The maximum Gasteiger partial charge on any atom is 0.189 e. The molecule has 1 aromatic carbocycles. The van der Waals surface area contributed by atoms with Crippen LogP contribution in [0.5, 0.6) is 5.75 Å². The van der Waals surface area contributed by atoms with Crippen molar-refractivity contribution in [3.8, 4) is 16.3 Å². The molecule has 3 rings (SSSR count). The maximum absolute atomic E-state index is 6.05. The van der Waals surface area contributed by atoms with E-state index in [0.717, 1.165) is 22.0 Å². The molecule has 0 spiro atoms. The molecule has 0 amide bonds. The second-order valence-electron chi connectivity index (χ2n) is 6.41. The minimum atomic E-state index is 0. The Morgan fingerprint density at radius 3 is 2.58 bits per heavy atom. The molecular weight excluding hydrogens is 459 g/mol. The summed E-state index contributed by atoms with van der Waals surface area (Å²) < 4.78 is 5.19. The Kier molecular flexibility index (Phi) is 8.64. The van der Waals surface area contributed by atoms with E-state index in [0.29, 0.717) is 18.5 Å². The summed E-state index contributed by atoms with van der Waals surface area (Å²) in [6.07, 6.45) is 7.61. The molecule has 0 aliphatic heterocycles. The first-order valence-electron chi connectivity index (χ1n) is 8.90. The van der Waals surface area contributed by atoms with Crippen molar-refractivity contribution >= 4 is 41.3 Å². The molecular formula is C19H27IN4OS. The maximum atomic E-state index is 6.05. The zero-order chi connectivity index (χ0) is 17.5. The molecule has 0 atom stereocenters. The molecule has 0 bridgehead atoms. The lowest BCUT2D eigenvalue weighted by atomic mass is 10.1. The minimum absolute atomic E-state index is 0. The lowest BCUT2D eigenvalue weighted by molar-refractivity contribution is 0.415. The van der Waals surface area contributed by atoms with Crippen molar-refractivity contribution in [3.05, 3.63) is 35.3 Å². The minimum Gasteiger partial charge on any atom is -0.497 e. The second-order valence-corrected chi connectivity index (χ2v) is 7.26. The van der Waals surface area contributed by atoms with Crippen LogP contribution >= 0.6 is 35.3 Å². The van der Waals surface area contributed by atoms with Crippen molar-refractivity contribution in [2.75, 3.05) is 7.11 Å². The van der Waals surface area contributed by atoms with Crippen LogP contribution in [0, 0.1) is 0 Å². The first kappa shape index (κ1) is 21.0. The van der Waals surface area contributed by atoms with Gasteiger partial charge in [-0.1, -0.05) is 25.7 Å². The molecule has 5 nitrogen and oxygen atoms in total. The molecule has 2 aromatic rings. The van der Waals surface area contributed by atoms with Gasteiger partial charge < -0.3 is 15.8 Å². The highest BCUT2D eigenvalue weighted by Crippen LogP contribution is 2.26. The molecule has 1 saturated carbocycles. The van der Waals surface area contributed by atoms with Gasteiger partial charge in [0.05, 0.1) is 19.3 Å². The topological polar surface area (TPSA) is 72.5 Å². The van der Waals surface area contributed by atoms with Crippen LogP contribution in [0.1, 0.15) is 44.2 Å². The van der Waals surface area contributed by atoms with E-state index in [2.05, 4.69) is 15.3 Å². The number of ether oxygens (including phenoxy) is 1. The fourth-order valence-corrected chi connectivity index (χ4v) is 3.91. The number of nitrogens with zero attached hydrogens (tertiary/aromatic N) is 2. The van der Waals surface area contributed by atoms with Gasteiger partial charge in [-0.15, -0.1) is 35.3 Å². The standard InChI is InChI=1S/C19H26N4OS.HI/c1-24-17-10-8-14(9-11-17)18-22-16(13-25-18)12-21-19(20)23-15-6-4-2-3-5-7-15;/h8-11,13,15H,2-7,12H2,1H3,(H3,20,21,23);1H. The summed E-state index contributed by atoms with van der Waals surface area (Å²) in [6, 6.07) is 8.41. The van der Waals surface area contributed by atoms with E-state index in [1.165, 1.54) is 38.5 Å². The van der Waals surface area contributed by atoms with E-state index in [1.807, 2.05) is 29.6 Å². The molecule has 0 unspecified atom stereocenters. The van der Waals surface area contributed by atoms with Crippen LogP contribution in [-0.2, 0) is 6.54 Å². The van der Waals surface area contributed by atoms with E-state index in [4.69, 9.17) is 10.5 Å². The molecule has 1 fully saturated rings. The molecule has 0 radical (unpaired) electrons. The smallest absolute Gasteiger partial charge is 0.189 e. The van der Waals surface area contributed by atoms with Crippen LogP contribution in [-0.4, -0.2) is 24.1 Å². The second kappa shape index (κ2) is 10.7. The number of guanidine groups is 1. The van der Waals surface area contributed by atoms with Crippen LogP contribution < -0.4 is 15.8 Å². The third kappa shape index (κ3) is 6.12. The predicted octanol–water partition coefficient (Wildman–Crippen LogP) is 4.56. The highest BCUT2D eigenvalue weighted by Gasteiger charge is 2.12. The Bertz CT molecular complexity index is 694. The Morgan fingerprint density at radius 1 is 1.23 bits per heavy atom. The number of hydrogen-bond donors (Lipinski definition) is 2. The van der Waals surface area contributed by atoms with Crippen molar-refractivity contribution in [1.82, 2.24) is 10.3 Å². The largest absolute Gasteiger partial charge is 0.497 e. The number of thiazole rings is 1. The van der Waals surface area contributed by atoms with Crippen LogP contribution in [0.2, 0.25) is 0 Å². The molecule has 7 heteroatoms. The first-order chi connectivity index (χ1) is 12.2. The molecule has 1 heterocycles. The Morgan fingerprint density at radius 2 is 1.92 bits per heavy atom. The monoisotopic (exact) mass is 486 g/mol. The van der Waals surface area contributed by atoms with Gasteiger partial charge in [0.25, 0.3) is 0 Å². The number of aliphatic imine (C=N–C) groups is 1. The third-order valence-corrected chi connectivity index (χ3v) is 5.45. The average Bonchev–Trinajstić information content (AvgIpc) is 2.97. The van der Waals surface area contributed by atoms with Crippen LogP contribution in [0.25, 0.3) is 10.6 Å². The highest BCUT2D eigenvalue weighted by molar-refractivity contribution is 14.0. The number of methoxy groups -OCH3 is 1. The highest BCUT2D eigenvalue weighted by atomic mass is 127. The van der Waals surface area contributed by atoms with E-state index in [9.17, 15) is 0 Å². The summed E-state index contributed by atoms with van der Waals surface area (Å²) in [6.45, 7) is 0.512. The number of nitrogens with one attached hydrogen (secondary N) is 1. The number of benzene rings is 1. The molecule has 26 heavy (non-hydrogen) atoms. The van der Waals surface area contributed by atoms with Gasteiger partial charge in [0.2, 0.25) is 0 Å². The van der Waals surface area contributed by atoms with Gasteiger partial charge in [-0.25, -0.2) is 9.98 Å². The van der Waals surface area contributed by atoms with Crippen LogP contribution in [0.3, 0.4) is 0 Å². The van der Waals surface area contributed by atoms with E-state index >= 15 is 0 Å². The molecule has 1 aromatic heterocycles. The first-order valence-corrected chi connectivity index (χ1v) is 9.78. The quantitative estimate of drug-likeness (QED) is 0.281. The molecule has 142 valence electrons. The van der Waals surface area contributed by atoms with Crippen molar-refractivity contribution in [2.45, 2.75) is 51.1 Å². The molecule has 0 saturated heterocycles. The zero-order valence-corrected chi connectivity index (χ0v) is 18.3. The summed E-state index contributed by atoms with van der Waals surface area (Å²) in [4.78, 5) is 9.12. The number of halogens is 1. The summed E-state index contributed by atoms with van der Waals surface area (Å²) in [5.41, 5.74) is 8.09. The number of rotatable bonds is 5. The Labute approximate surface area is 176 Å². The number of hydrogen-bond acceptors (Lipinski definition) is 4. The SMILES string of the molecule is COc1ccc(-c2nc(CN=C(N)NC3CCCCCC3)cs2)cc1.I. The van der Waals surface area contributed by atoms with Crippen molar-refractivity contribution in [2.24, 2.45) is 10.7 Å². The number of aromatic nitrogens is 1. The normalized spacial score (nSPS) is 15.8. The summed E-state index contributed by atoms with van der Waals surface area (Å²) in [7, 11) is 1.67. The predicted molar refractivity (Wildman–Crippen MR) is 119 cm³/mol. The zero-order valence-electron chi connectivity index (χ0n) is 15.1. The lowest BCUT2D eigenvalue weighted by Gasteiger charge is -2.16. The van der Waals surface area contributed by atoms with Crippen molar-refractivity contribution < 1.29 is 4.74 Å². The third-order valence-electron chi connectivity index (χ3n) is 4.51. The van der Waals surface area contributed by atoms with Gasteiger partial charge in [-0.05, 0) is 37.1 Å². The van der Waals surface area contributed by atoms with Crippen molar-refractivity contribution in [1.29, 1.82) is 0 Å². The van der Waals surface area contributed by atoms with Gasteiger partial charge in [0.15, 0.2) is 5.96 Å². The van der Waals surface area contributed by atoms with E-state index in [1.54, 1.807) is 18.4 Å². The van der Waals surface area contributed by atoms with Crippen LogP contribution in [0.15, 0.2) is 34.6 Å². The van der Waals surface area contributed by atoms with Gasteiger partial charge in [-0.3, -0.25) is 0 Å². The lowest BCUT2D eigenvalue weighted by Crippen LogP contribution is -2.39.